The monoisotopic (exact) mass is 212 g/mol. The molecule has 0 spiro atoms. The van der Waals surface area contributed by atoms with Gasteiger partial charge in [-0.05, 0) is 6.42 Å². The second kappa shape index (κ2) is 3.34. The van der Waals surface area contributed by atoms with Crippen LogP contribution in [0.5, 0.6) is 0 Å². The molecule has 0 fully saturated rings. The van der Waals surface area contributed by atoms with Crippen LogP contribution >= 0.6 is 0 Å². The summed E-state index contributed by atoms with van der Waals surface area (Å²) in [6, 6.07) is 0. The molecule has 0 aromatic rings. The molecule has 0 unspecified atom stereocenters. The van der Waals surface area contributed by atoms with Gasteiger partial charge >= 0.3 is 12.4 Å². The first kappa shape index (κ1) is 12.5. The molecule has 13 heavy (non-hydrogen) atoms. The molecule has 0 aliphatic carbocycles. The van der Waals surface area contributed by atoms with Gasteiger partial charge < -0.3 is 0 Å². The fourth-order valence-electron chi connectivity index (χ4n) is 0.789. The van der Waals surface area contributed by atoms with Crippen LogP contribution in [0.2, 0.25) is 0 Å². The molecule has 0 amide bonds. The Labute approximate surface area is 69.7 Å². The van der Waals surface area contributed by atoms with Gasteiger partial charge in [-0.15, -0.1) is 0 Å². The van der Waals surface area contributed by atoms with Crippen LogP contribution in [0.3, 0.4) is 0 Å². The molecule has 0 atom stereocenters. The molecule has 0 aliphatic heterocycles. The van der Waals surface area contributed by atoms with E-state index in [1.165, 1.54) is 0 Å². The minimum Gasteiger partial charge on any atom is -0.224 e. The lowest BCUT2D eigenvalue weighted by Crippen LogP contribution is -2.52. The van der Waals surface area contributed by atoms with Crippen LogP contribution in [0.4, 0.5) is 30.7 Å². The third kappa shape index (κ3) is 2.25. The first-order chi connectivity index (χ1) is 5.56. The van der Waals surface area contributed by atoms with Crippen LogP contribution in [-0.4, -0.2) is 18.0 Å². The number of rotatable bonds is 2. The van der Waals surface area contributed by atoms with E-state index in [0.29, 0.717) is 0 Å². The van der Waals surface area contributed by atoms with Crippen molar-refractivity contribution in [1.82, 2.24) is 0 Å². The van der Waals surface area contributed by atoms with Crippen molar-refractivity contribution >= 4 is 0 Å². The van der Waals surface area contributed by atoms with E-state index in [1.54, 1.807) is 0 Å². The van der Waals surface area contributed by atoms with E-state index in [0.717, 1.165) is 6.92 Å². The first-order valence-electron chi connectivity index (χ1n) is 3.38. The maximum Gasteiger partial charge on any atom is 0.431 e. The molecule has 0 bridgehead atoms. The standard InChI is InChI=1S/C6H7F7/c1-2-3-4(7,5(8,9)10)6(11,12)13/h2-3H2,1H3. The minimum absolute atomic E-state index is 0.532. The van der Waals surface area contributed by atoms with Crippen molar-refractivity contribution in [3.05, 3.63) is 0 Å². The molecule has 0 saturated carbocycles. The quantitative estimate of drug-likeness (QED) is 0.613. The smallest absolute Gasteiger partial charge is 0.224 e. The summed E-state index contributed by atoms with van der Waals surface area (Å²) in [6.45, 7) is 1.05. The van der Waals surface area contributed by atoms with Gasteiger partial charge in [0, 0.05) is 0 Å². The summed E-state index contributed by atoms with van der Waals surface area (Å²) in [5.74, 6) is 0. The molecule has 0 saturated heterocycles. The van der Waals surface area contributed by atoms with E-state index < -0.39 is 30.9 Å². The molecule has 0 aromatic carbocycles. The molecular weight excluding hydrogens is 205 g/mol. The molecule has 7 heteroatoms. The highest BCUT2D eigenvalue weighted by Crippen LogP contribution is 2.48. The lowest BCUT2D eigenvalue weighted by molar-refractivity contribution is -0.343. The van der Waals surface area contributed by atoms with Gasteiger partial charge in [-0.2, -0.15) is 26.3 Å². The normalized spacial score (nSPS) is 14.8. The summed E-state index contributed by atoms with van der Waals surface area (Å²) in [6.07, 6.45) is -13.9. The third-order valence-electron chi connectivity index (χ3n) is 1.49. The van der Waals surface area contributed by atoms with Gasteiger partial charge in [0.25, 0.3) is 5.67 Å². The van der Waals surface area contributed by atoms with Crippen molar-refractivity contribution in [2.24, 2.45) is 0 Å². The lowest BCUT2D eigenvalue weighted by atomic mass is 9.99. The van der Waals surface area contributed by atoms with Crippen LogP contribution in [0.25, 0.3) is 0 Å². The van der Waals surface area contributed by atoms with Gasteiger partial charge in [-0.1, -0.05) is 13.3 Å². The average Bonchev–Trinajstić information content (AvgIpc) is 1.82. The van der Waals surface area contributed by atoms with Gasteiger partial charge in [0.05, 0.1) is 0 Å². The summed E-state index contributed by atoms with van der Waals surface area (Å²) < 4.78 is 82.7. The number of halogens is 7. The highest BCUT2D eigenvalue weighted by molar-refractivity contribution is 4.93. The van der Waals surface area contributed by atoms with Crippen LogP contribution in [-0.2, 0) is 0 Å². The molecule has 0 aromatic heterocycles. The fourth-order valence-corrected chi connectivity index (χ4v) is 0.789. The van der Waals surface area contributed by atoms with Crippen LogP contribution < -0.4 is 0 Å². The minimum atomic E-state index is -5.90. The van der Waals surface area contributed by atoms with Crippen LogP contribution in [0.1, 0.15) is 19.8 Å². The zero-order chi connectivity index (χ0) is 10.9. The number of hydrogen-bond donors (Lipinski definition) is 0. The van der Waals surface area contributed by atoms with Gasteiger partial charge in [0.2, 0.25) is 0 Å². The largest absolute Gasteiger partial charge is 0.431 e. The maximum absolute atomic E-state index is 12.6. The number of hydrogen-bond acceptors (Lipinski definition) is 0. The van der Waals surface area contributed by atoms with Crippen molar-refractivity contribution in [3.8, 4) is 0 Å². The van der Waals surface area contributed by atoms with Gasteiger partial charge in [-0.3, -0.25) is 0 Å². The van der Waals surface area contributed by atoms with Crippen molar-refractivity contribution in [2.45, 2.75) is 37.8 Å². The van der Waals surface area contributed by atoms with E-state index in [9.17, 15) is 30.7 Å². The molecular formula is C6H7F7. The van der Waals surface area contributed by atoms with E-state index in [4.69, 9.17) is 0 Å². The molecule has 0 aliphatic rings. The second-order valence-corrected chi connectivity index (χ2v) is 2.55. The van der Waals surface area contributed by atoms with E-state index >= 15 is 0 Å². The third-order valence-corrected chi connectivity index (χ3v) is 1.49. The highest BCUT2D eigenvalue weighted by Gasteiger charge is 2.71. The predicted molar refractivity (Wildman–Crippen MR) is 30.9 cm³/mol. The second-order valence-electron chi connectivity index (χ2n) is 2.55. The molecule has 0 heterocycles. The van der Waals surface area contributed by atoms with E-state index in [2.05, 4.69) is 0 Å². The van der Waals surface area contributed by atoms with Crippen molar-refractivity contribution in [2.75, 3.05) is 0 Å². The van der Waals surface area contributed by atoms with Crippen molar-refractivity contribution in [3.63, 3.8) is 0 Å². The zero-order valence-electron chi connectivity index (χ0n) is 6.56. The molecule has 80 valence electrons. The topological polar surface area (TPSA) is 0 Å². The highest BCUT2D eigenvalue weighted by atomic mass is 19.4. The molecule has 0 nitrogen and oxygen atoms in total. The van der Waals surface area contributed by atoms with E-state index in [1.807, 2.05) is 0 Å². The summed E-state index contributed by atoms with van der Waals surface area (Å²) in [7, 11) is 0. The Morgan fingerprint density at radius 3 is 1.15 bits per heavy atom. The Kier molecular flexibility index (Phi) is 3.21. The Hall–Kier alpha value is -0.490. The fraction of sp³-hybridized carbons (Fsp3) is 1.00. The molecule has 0 rings (SSSR count). The van der Waals surface area contributed by atoms with Gasteiger partial charge in [0.15, 0.2) is 0 Å². The van der Waals surface area contributed by atoms with Crippen LogP contribution in [0.15, 0.2) is 0 Å². The SMILES string of the molecule is CCCC(F)(C(F)(F)F)C(F)(F)F. The van der Waals surface area contributed by atoms with Crippen LogP contribution in [0, 0.1) is 0 Å². The Morgan fingerprint density at radius 1 is 0.769 bits per heavy atom. The Balaban J connectivity index is 4.96. The number of alkyl halides is 7. The van der Waals surface area contributed by atoms with Crippen molar-refractivity contribution < 1.29 is 30.7 Å². The maximum atomic E-state index is 12.6. The average molecular weight is 212 g/mol. The van der Waals surface area contributed by atoms with Gasteiger partial charge in [-0.25, -0.2) is 4.39 Å². The zero-order valence-corrected chi connectivity index (χ0v) is 6.56. The summed E-state index contributed by atoms with van der Waals surface area (Å²) in [5, 5.41) is 0. The molecule has 0 N–H and O–H groups in total. The molecule has 0 radical (unpaired) electrons. The first-order valence-corrected chi connectivity index (χ1v) is 3.38. The Bertz CT molecular complexity index is 151. The summed E-state index contributed by atoms with van der Waals surface area (Å²) in [5.41, 5.74) is -5.07. The summed E-state index contributed by atoms with van der Waals surface area (Å²) >= 11 is 0. The van der Waals surface area contributed by atoms with E-state index in [-0.39, 0.29) is 0 Å². The van der Waals surface area contributed by atoms with Crippen molar-refractivity contribution in [1.29, 1.82) is 0 Å². The summed E-state index contributed by atoms with van der Waals surface area (Å²) in [4.78, 5) is 0. The van der Waals surface area contributed by atoms with Gasteiger partial charge in [0.1, 0.15) is 0 Å². The Morgan fingerprint density at radius 2 is 1.08 bits per heavy atom. The lowest BCUT2D eigenvalue weighted by Gasteiger charge is -2.29. The predicted octanol–water partition coefficient (Wildman–Crippen LogP) is 3.62.